The SMILES string of the molecule is N#Cc1ccc2[nH]cc(C3CCN(CCCOc4ccccc4F)CC3)c2c1. The third-order valence-corrected chi connectivity index (χ3v) is 5.58. The number of halogens is 1. The highest BCUT2D eigenvalue weighted by Crippen LogP contribution is 2.33. The predicted molar refractivity (Wildman–Crippen MR) is 108 cm³/mol. The van der Waals surface area contributed by atoms with Crippen LogP contribution in [0.1, 0.15) is 36.3 Å². The molecule has 5 heteroatoms. The summed E-state index contributed by atoms with van der Waals surface area (Å²) in [6, 6.07) is 14.6. The topological polar surface area (TPSA) is 52.0 Å². The lowest BCUT2D eigenvalue weighted by Crippen LogP contribution is -2.34. The van der Waals surface area contributed by atoms with Crippen molar-refractivity contribution in [1.82, 2.24) is 9.88 Å². The molecule has 0 aliphatic carbocycles. The number of ether oxygens (including phenoxy) is 1. The van der Waals surface area contributed by atoms with Crippen LogP contribution in [0.5, 0.6) is 5.75 Å². The molecule has 1 saturated heterocycles. The molecular weight excluding hydrogens is 353 g/mol. The Morgan fingerprint density at radius 2 is 2.00 bits per heavy atom. The van der Waals surface area contributed by atoms with E-state index in [0.29, 0.717) is 23.8 Å². The molecule has 1 fully saturated rings. The largest absolute Gasteiger partial charge is 0.490 e. The number of aromatic amines is 1. The molecule has 0 bridgehead atoms. The van der Waals surface area contributed by atoms with Crippen molar-refractivity contribution in [1.29, 1.82) is 5.26 Å². The summed E-state index contributed by atoms with van der Waals surface area (Å²) in [6.07, 6.45) is 5.21. The highest BCUT2D eigenvalue weighted by atomic mass is 19.1. The number of benzene rings is 2. The second kappa shape index (κ2) is 8.45. The van der Waals surface area contributed by atoms with Crippen LogP contribution in [0, 0.1) is 17.1 Å². The van der Waals surface area contributed by atoms with E-state index in [-0.39, 0.29) is 5.82 Å². The molecule has 1 aromatic heterocycles. The molecule has 0 atom stereocenters. The summed E-state index contributed by atoms with van der Waals surface area (Å²) >= 11 is 0. The maximum Gasteiger partial charge on any atom is 0.165 e. The van der Waals surface area contributed by atoms with E-state index < -0.39 is 0 Å². The van der Waals surface area contributed by atoms with Gasteiger partial charge in [-0.3, -0.25) is 0 Å². The first-order chi connectivity index (χ1) is 13.7. The van der Waals surface area contributed by atoms with Gasteiger partial charge in [-0.25, -0.2) is 4.39 Å². The van der Waals surface area contributed by atoms with Gasteiger partial charge in [-0.2, -0.15) is 5.26 Å². The molecule has 1 aliphatic heterocycles. The Balaban J connectivity index is 1.27. The first-order valence-electron chi connectivity index (χ1n) is 9.85. The Morgan fingerprint density at radius 1 is 1.18 bits per heavy atom. The summed E-state index contributed by atoms with van der Waals surface area (Å²) in [5.74, 6) is 0.549. The number of likely N-dealkylation sites (tertiary alicyclic amines) is 1. The molecule has 1 aliphatic rings. The lowest BCUT2D eigenvalue weighted by atomic mass is 9.89. The fourth-order valence-electron chi connectivity index (χ4n) is 4.05. The smallest absolute Gasteiger partial charge is 0.165 e. The van der Waals surface area contributed by atoms with Crippen LogP contribution in [0.15, 0.2) is 48.7 Å². The number of hydrogen-bond donors (Lipinski definition) is 1. The van der Waals surface area contributed by atoms with Crippen molar-refractivity contribution in [2.75, 3.05) is 26.2 Å². The minimum Gasteiger partial charge on any atom is -0.490 e. The Morgan fingerprint density at radius 3 is 2.79 bits per heavy atom. The molecule has 144 valence electrons. The highest BCUT2D eigenvalue weighted by Gasteiger charge is 2.22. The summed E-state index contributed by atoms with van der Waals surface area (Å²) in [5, 5.41) is 10.3. The van der Waals surface area contributed by atoms with Crippen molar-refractivity contribution in [2.24, 2.45) is 0 Å². The number of rotatable bonds is 6. The summed E-state index contributed by atoms with van der Waals surface area (Å²) in [5.41, 5.74) is 3.14. The Kier molecular flexibility index (Phi) is 5.59. The molecule has 0 radical (unpaired) electrons. The Bertz CT molecular complexity index is 983. The number of hydrogen-bond acceptors (Lipinski definition) is 3. The van der Waals surface area contributed by atoms with Gasteiger partial charge in [0.1, 0.15) is 0 Å². The van der Waals surface area contributed by atoms with Crippen molar-refractivity contribution in [2.45, 2.75) is 25.2 Å². The van der Waals surface area contributed by atoms with Gasteiger partial charge in [0.05, 0.1) is 18.2 Å². The lowest BCUT2D eigenvalue weighted by molar-refractivity contribution is 0.191. The van der Waals surface area contributed by atoms with Gasteiger partial charge < -0.3 is 14.6 Å². The normalized spacial score (nSPS) is 15.6. The third kappa shape index (κ3) is 4.02. The van der Waals surface area contributed by atoms with Gasteiger partial charge >= 0.3 is 0 Å². The first-order valence-corrected chi connectivity index (χ1v) is 9.85. The number of para-hydroxylation sites is 1. The van der Waals surface area contributed by atoms with Crippen LogP contribution in [0.2, 0.25) is 0 Å². The van der Waals surface area contributed by atoms with Crippen molar-refractivity contribution in [3.63, 3.8) is 0 Å². The van der Waals surface area contributed by atoms with Crippen LogP contribution in [0.25, 0.3) is 10.9 Å². The molecule has 4 rings (SSSR count). The fraction of sp³-hybridized carbons (Fsp3) is 0.348. The Hall–Kier alpha value is -2.84. The zero-order valence-electron chi connectivity index (χ0n) is 15.8. The minimum atomic E-state index is -0.304. The molecule has 2 aromatic carbocycles. The molecule has 1 N–H and O–H groups in total. The number of H-pyrrole nitrogens is 1. The van der Waals surface area contributed by atoms with Gasteiger partial charge in [-0.05, 0) is 74.2 Å². The van der Waals surface area contributed by atoms with Gasteiger partial charge in [0.25, 0.3) is 0 Å². The molecule has 0 saturated carbocycles. The zero-order valence-corrected chi connectivity index (χ0v) is 15.8. The Labute approximate surface area is 164 Å². The van der Waals surface area contributed by atoms with Gasteiger partial charge in [-0.15, -0.1) is 0 Å². The molecule has 2 heterocycles. The minimum absolute atomic E-state index is 0.304. The van der Waals surface area contributed by atoms with Gasteiger partial charge in [0, 0.05) is 23.6 Å². The maximum atomic E-state index is 13.6. The first kappa shape index (κ1) is 18.5. The van der Waals surface area contributed by atoms with Crippen LogP contribution in [0.4, 0.5) is 4.39 Å². The summed E-state index contributed by atoms with van der Waals surface area (Å²) in [7, 11) is 0. The second-order valence-electron chi connectivity index (χ2n) is 7.36. The fourth-order valence-corrected chi connectivity index (χ4v) is 4.05. The average Bonchev–Trinajstić information content (AvgIpc) is 3.16. The number of piperidine rings is 1. The molecule has 4 nitrogen and oxygen atoms in total. The van der Waals surface area contributed by atoms with E-state index in [1.165, 1.54) is 17.0 Å². The van der Waals surface area contributed by atoms with Gasteiger partial charge in [0.15, 0.2) is 11.6 Å². The van der Waals surface area contributed by atoms with Crippen LogP contribution < -0.4 is 4.74 Å². The summed E-state index contributed by atoms with van der Waals surface area (Å²) in [4.78, 5) is 5.79. The van der Waals surface area contributed by atoms with E-state index >= 15 is 0 Å². The number of nitrogens with one attached hydrogen (secondary N) is 1. The van der Waals surface area contributed by atoms with Crippen molar-refractivity contribution >= 4 is 10.9 Å². The second-order valence-corrected chi connectivity index (χ2v) is 7.36. The number of nitriles is 1. The monoisotopic (exact) mass is 377 g/mol. The number of nitrogens with zero attached hydrogens (tertiary/aromatic N) is 2. The summed E-state index contributed by atoms with van der Waals surface area (Å²) < 4.78 is 19.1. The van der Waals surface area contributed by atoms with E-state index in [9.17, 15) is 4.39 Å². The average molecular weight is 377 g/mol. The number of fused-ring (bicyclic) bond motifs is 1. The maximum absolute atomic E-state index is 13.6. The highest BCUT2D eigenvalue weighted by molar-refractivity contribution is 5.85. The van der Waals surface area contributed by atoms with E-state index in [4.69, 9.17) is 10.00 Å². The molecular formula is C23H24FN3O. The van der Waals surface area contributed by atoms with Crippen LogP contribution >= 0.6 is 0 Å². The van der Waals surface area contributed by atoms with E-state index in [1.54, 1.807) is 18.2 Å². The molecule has 3 aromatic rings. The zero-order chi connectivity index (χ0) is 19.3. The lowest BCUT2D eigenvalue weighted by Gasteiger charge is -2.31. The quantitative estimate of drug-likeness (QED) is 0.626. The molecule has 0 spiro atoms. The van der Waals surface area contributed by atoms with E-state index in [2.05, 4.69) is 22.1 Å². The van der Waals surface area contributed by atoms with Crippen molar-refractivity contribution < 1.29 is 9.13 Å². The van der Waals surface area contributed by atoms with E-state index in [1.807, 2.05) is 18.2 Å². The van der Waals surface area contributed by atoms with Gasteiger partial charge in [-0.1, -0.05) is 12.1 Å². The predicted octanol–water partition coefficient (Wildman–Crippen LogP) is 4.83. The standard InChI is InChI=1S/C23H24FN3O/c24-21-4-1-2-5-23(21)28-13-3-10-27-11-8-18(9-12-27)20-16-26-22-7-6-17(15-25)14-19(20)22/h1-2,4-7,14,16,18,26H,3,8-13H2. The van der Waals surface area contributed by atoms with Crippen LogP contribution in [-0.4, -0.2) is 36.1 Å². The van der Waals surface area contributed by atoms with Gasteiger partial charge in [0.2, 0.25) is 0 Å². The molecule has 0 amide bonds. The molecule has 28 heavy (non-hydrogen) atoms. The van der Waals surface area contributed by atoms with Crippen LogP contribution in [-0.2, 0) is 0 Å². The number of aromatic nitrogens is 1. The van der Waals surface area contributed by atoms with Crippen molar-refractivity contribution in [3.05, 3.63) is 65.6 Å². The van der Waals surface area contributed by atoms with Crippen molar-refractivity contribution in [3.8, 4) is 11.8 Å². The summed E-state index contributed by atoms with van der Waals surface area (Å²) in [6.45, 7) is 3.60. The molecule has 0 unspecified atom stereocenters. The van der Waals surface area contributed by atoms with Crippen LogP contribution in [0.3, 0.4) is 0 Å². The van der Waals surface area contributed by atoms with E-state index in [0.717, 1.165) is 44.4 Å². The third-order valence-electron chi connectivity index (χ3n) is 5.58.